The quantitative estimate of drug-likeness (QED) is 0.635. The summed E-state index contributed by atoms with van der Waals surface area (Å²) < 4.78 is 6.04. The van der Waals surface area contributed by atoms with Gasteiger partial charge >= 0.3 is 0 Å². The second-order valence-electron chi connectivity index (χ2n) is 6.38. The van der Waals surface area contributed by atoms with Crippen LogP contribution >= 0.6 is 0 Å². The van der Waals surface area contributed by atoms with Crippen molar-refractivity contribution in [3.05, 3.63) is 101 Å². The molecule has 0 aliphatic heterocycles. The number of para-hydroxylation sites is 1. The molecule has 3 aromatic carbocycles. The molecule has 0 unspecified atom stereocenters. The summed E-state index contributed by atoms with van der Waals surface area (Å²) in [5.74, 6) is 0.873. The molecule has 0 heterocycles. The van der Waals surface area contributed by atoms with Gasteiger partial charge in [-0.05, 0) is 29.7 Å². The average molecular weight is 347 g/mol. The lowest BCUT2D eigenvalue weighted by Crippen LogP contribution is -2.21. The highest BCUT2D eigenvalue weighted by molar-refractivity contribution is 5.34. The molecule has 0 amide bonds. The first-order chi connectivity index (χ1) is 12.7. The lowest BCUT2D eigenvalue weighted by atomic mass is 10.1. The van der Waals surface area contributed by atoms with E-state index in [1.54, 1.807) is 0 Å². The monoisotopic (exact) mass is 347 g/mol. The van der Waals surface area contributed by atoms with E-state index in [4.69, 9.17) is 4.74 Å². The molecule has 0 radical (unpaired) electrons. The third kappa shape index (κ3) is 4.94. The Bertz CT molecular complexity index is 817. The van der Waals surface area contributed by atoms with Crippen molar-refractivity contribution in [3.8, 4) is 5.75 Å². The zero-order valence-electron chi connectivity index (χ0n) is 15.1. The molecule has 0 aliphatic rings. The Labute approximate surface area is 155 Å². The summed E-state index contributed by atoms with van der Waals surface area (Å²) in [6, 6.07) is 26.0. The van der Waals surface area contributed by atoms with Crippen molar-refractivity contribution < 1.29 is 9.84 Å². The van der Waals surface area contributed by atoms with E-state index in [-0.39, 0.29) is 0 Å². The fourth-order valence-corrected chi connectivity index (χ4v) is 2.85. The van der Waals surface area contributed by atoms with Gasteiger partial charge in [0, 0.05) is 18.7 Å². The summed E-state index contributed by atoms with van der Waals surface area (Å²) in [5.41, 5.74) is 4.43. The highest BCUT2D eigenvalue weighted by Crippen LogP contribution is 2.20. The highest BCUT2D eigenvalue weighted by Gasteiger charge is 2.08. The lowest BCUT2D eigenvalue weighted by molar-refractivity contribution is 0.174. The van der Waals surface area contributed by atoms with E-state index in [1.807, 2.05) is 60.7 Å². The molecule has 0 fully saturated rings. The maximum atomic E-state index is 10.3. The number of benzene rings is 3. The van der Waals surface area contributed by atoms with Gasteiger partial charge in [-0.25, -0.2) is 0 Å². The summed E-state index contributed by atoms with van der Waals surface area (Å²) in [5, 5.41) is 13.6. The zero-order chi connectivity index (χ0) is 18.2. The average Bonchev–Trinajstić information content (AvgIpc) is 2.69. The number of hydrogen-bond donors (Lipinski definition) is 2. The van der Waals surface area contributed by atoms with Gasteiger partial charge in [0.05, 0.1) is 6.10 Å². The van der Waals surface area contributed by atoms with Gasteiger partial charge in [0.1, 0.15) is 12.4 Å². The molecular formula is C23H25NO2. The number of aliphatic hydroxyl groups excluding tert-OH is 1. The van der Waals surface area contributed by atoms with Crippen LogP contribution in [0.3, 0.4) is 0 Å². The van der Waals surface area contributed by atoms with Gasteiger partial charge in [0.15, 0.2) is 0 Å². The molecule has 0 spiro atoms. The first-order valence-electron chi connectivity index (χ1n) is 8.93. The predicted octanol–water partition coefficient (Wildman–Crippen LogP) is 4.40. The molecule has 0 bridgehead atoms. The molecule has 0 aromatic heterocycles. The Hall–Kier alpha value is -2.62. The molecule has 0 saturated carbocycles. The third-order valence-electron chi connectivity index (χ3n) is 4.45. The first kappa shape index (κ1) is 18.2. The van der Waals surface area contributed by atoms with Gasteiger partial charge in [-0.2, -0.15) is 0 Å². The summed E-state index contributed by atoms with van der Waals surface area (Å²) in [6.07, 6.45) is -0.517. The Morgan fingerprint density at radius 3 is 2.27 bits per heavy atom. The van der Waals surface area contributed by atoms with Gasteiger partial charge in [-0.15, -0.1) is 0 Å². The highest BCUT2D eigenvalue weighted by atomic mass is 16.5. The molecule has 3 rings (SSSR count). The van der Waals surface area contributed by atoms with E-state index >= 15 is 0 Å². The topological polar surface area (TPSA) is 41.5 Å². The minimum absolute atomic E-state index is 0.496. The van der Waals surface area contributed by atoms with E-state index in [1.165, 1.54) is 11.1 Å². The maximum Gasteiger partial charge on any atom is 0.124 e. The molecule has 3 aromatic rings. The predicted molar refractivity (Wildman–Crippen MR) is 105 cm³/mol. The van der Waals surface area contributed by atoms with Crippen molar-refractivity contribution in [2.24, 2.45) is 0 Å². The number of rotatable bonds is 8. The summed E-state index contributed by atoms with van der Waals surface area (Å²) in [4.78, 5) is 0. The van der Waals surface area contributed by atoms with Crippen molar-refractivity contribution in [3.63, 3.8) is 0 Å². The van der Waals surface area contributed by atoms with Crippen LogP contribution in [-0.4, -0.2) is 11.7 Å². The normalized spacial score (nSPS) is 11.9. The van der Waals surface area contributed by atoms with Crippen LogP contribution in [0.25, 0.3) is 0 Å². The van der Waals surface area contributed by atoms with Crippen LogP contribution in [0.15, 0.2) is 78.9 Å². The molecule has 3 nitrogen and oxygen atoms in total. The van der Waals surface area contributed by atoms with E-state index in [9.17, 15) is 5.11 Å². The summed E-state index contributed by atoms with van der Waals surface area (Å²) in [7, 11) is 0. The second-order valence-corrected chi connectivity index (χ2v) is 6.38. The largest absolute Gasteiger partial charge is 0.489 e. The second kappa shape index (κ2) is 9.18. The lowest BCUT2D eigenvalue weighted by Gasteiger charge is -2.15. The standard InChI is InChI=1S/C23H25NO2/c1-18-9-5-6-13-21(18)17-26-23-14-8-7-12-20(23)15-24-16-22(25)19-10-3-2-4-11-19/h2-14,22,24-25H,15-17H2,1H3/t22-/m0/s1. The summed E-state index contributed by atoms with van der Waals surface area (Å²) in [6.45, 7) is 3.79. The first-order valence-corrected chi connectivity index (χ1v) is 8.93. The Balaban J connectivity index is 1.56. The fraction of sp³-hybridized carbons (Fsp3) is 0.217. The number of hydrogen-bond acceptors (Lipinski definition) is 3. The van der Waals surface area contributed by atoms with Crippen LogP contribution in [0.2, 0.25) is 0 Å². The molecule has 26 heavy (non-hydrogen) atoms. The summed E-state index contributed by atoms with van der Waals surface area (Å²) >= 11 is 0. The van der Waals surface area contributed by atoms with E-state index < -0.39 is 6.10 Å². The van der Waals surface area contributed by atoms with Crippen LogP contribution < -0.4 is 10.1 Å². The molecule has 3 heteroatoms. The molecule has 0 saturated heterocycles. The molecular weight excluding hydrogens is 322 g/mol. The smallest absolute Gasteiger partial charge is 0.124 e. The Morgan fingerprint density at radius 2 is 1.50 bits per heavy atom. The van der Waals surface area contributed by atoms with Gasteiger partial charge in [-0.3, -0.25) is 0 Å². The number of aryl methyl sites for hydroxylation is 1. The Morgan fingerprint density at radius 1 is 0.846 bits per heavy atom. The SMILES string of the molecule is Cc1ccccc1COc1ccccc1CNC[C@H](O)c1ccccc1. The van der Waals surface area contributed by atoms with Crippen LogP contribution in [-0.2, 0) is 13.2 Å². The van der Waals surface area contributed by atoms with E-state index in [0.717, 1.165) is 16.9 Å². The molecule has 134 valence electrons. The van der Waals surface area contributed by atoms with Gasteiger partial charge in [0.2, 0.25) is 0 Å². The van der Waals surface area contributed by atoms with Crippen LogP contribution in [0.4, 0.5) is 0 Å². The van der Waals surface area contributed by atoms with Crippen LogP contribution in [0.5, 0.6) is 5.75 Å². The van der Waals surface area contributed by atoms with Crippen LogP contribution in [0, 0.1) is 6.92 Å². The zero-order valence-corrected chi connectivity index (χ0v) is 15.1. The minimum atomic E-state index is -0.517. The number of nitrogens with one attached hydrogen (secondary N) is 1. The molecule has 0 aliphatic carbocycles. The van der Waals surface area contributed by atoms with Gasteiger partial charge < -0.3 is 15.2 Å². The Kier molecular flexibility index (Phi) is 6.42. The van der Waals surface area contributed by atoms with Gasteiger partial charge in [-0.1, -0.05) is 72.8 Å². The minimum Gasteiger partial charge on any atom is -0.489 e. The maximum absolute atomic E-state index is 10.3. The number of ether oxygens (including phenoxy) is 1. The van der Waals surface area contributed by atoms with E-state index in [0.29, 0.717) is 19.7 Å². The van der Waals surface area contributed by atoms with Crippen LogP contribution in [0.1, 0.15) is 28.4 Å². The number of aliphatic hydroxyl groups is 1. The fourth-order valence-electron chi connectivity index (χ4n) is 2.85. The third-order valence-corrected chi connectivity index (χ3v) is 4.45. The van der Waals surface area contributed by atoms with Crippen molar-refractivity contribution in [2.45, 2.75) is 26.2 Å². The van der Waals surface area contributed by atoms with Crippen molar-refractivity contribution in [1.82, 2.24) is 5.32 Å². The van der Waals surface area contributed by atoms with Crippen molar-refractivity contribution in [1.29, 1.82) is 0 Å². The molecule has 2 N–H and O–H groups in total. The van der Waals surface area contributed by atoms with Crippen molar-refractivity contribution >= 4 is 0 Å². The van der Waals surface area contributed by atoms with Gasteiger partial charge in [0.25, 0.3) is 0 Å². The molecule has 1 atom stereocenters. The van der Waals surface area contributed by atoms with E-state index in [2.05, 4.69) is 30.4 Å². The van der Waals surface area contributed by atoms with Crippen molar-refractivity contribution in [2.75, 3.05) is 6.54 Å².